The molecule has 0 aromatic carbocycles. The minimum absolute atomic E-state index is 0.0179. The molecule has 2 heterocycles. The third-order valence-corrected chi connectivity index (χ3v) is 3.10. The molecule has 2 N–H and O–H groups in total. The van der Waals surface area contributed by atoms with E-state index in [1.54, 1.807) is 0 Å². The molecule has 0 unspecified atom stereocenters. The van der Waals surface area contributed by atoms with Gasteiger partial charge in [-0.1, -0.05) is 13.8 Å². The number of aromatic nitrogens is 2. The third-order valence-electron chi connectivity index (χ3n) is 3.10. The van der Waals surface area contributed by atoms with Crippen molar-refractivity contribution in [3.05, 3.63) is 17.2 Å². The van der Waals surface area contributed by atoms with Gasteiger partial charge in [-0.15, -0.1) is 0 Å². The van der Waals surface area contributed by atoms with Crippen LogP contribution in [0.4, 0.5) is 0 Å². The molecular weight excluding hydrogens is 202 g/mol. The van der Waals surface area contributed by atoms with Crippen LogP contribution in [0.2, 0.25) is 0 Å². The molecule has 1 aliphatic rings. The van der Waals surface area contributed by atoms with Crippen LogP contribution in [-0.2, 0) is 13.0 Å². The molecule has 0 aliphatic carbocycles. The number of nitrogens with zero attached hydrogens (tertiary/aromatic N) is 2. The minimum atomic E-state index is 0.0179. The summed E-state index contributed by atoms with van der Waals surface area (Å²) in [5, 5.41) is 0. The van der Waals surface area contributed by atoms with E-state index < -0.39 is 0 Å². The zero-order chi connectivity index (χ0) is 11.7. The molecular formula is C12H19N3O. The summed E-state index contributed by atoms with van der Waals surface area (Å²) in [5.74, 6) is 1.36. The maximum atomic E-state index is 11.9. The van der Waals surface area contributed by atoms with E-state index in [9.17, 15) is 4.79 Å². The number of aryl methyl sites for hydroxylation is 1. The van der Waals surface area contributed by atoms with Crippen LogP contribution in [0.15, 0.2) is 0 Å². The first-order valence-electron chi connectivity index (χ1n) is 5.97. The molecule has 4 nitrogen and oxygen atoms in total. The molecule has 0 fully saturated rings. The minimum Gasteiger partial charge on any atom is -0.325 e. The van der Waals surface area contributed by atoms with Gasteiger partial charge in [0, 0.05) is 13.0 Å². The van der Waals surface area contributed by atoms with Gasteiger partial charge in [0.05, 0.1) is 12.2 Å². The van der Waals surface area contributed by atoms with Crippen molar-refractivity contribution in [2.75, 3.05) is 6.54 Å². The Morgan fingerprint density at radius 2 is 2.25 bits per heavy atom. The lowest BCUT2D eigenvalue weighted by molar-refractivity contribution is 0.0990. The van der Waals surface area contributed by atoms with Crippen molar-refractivity contribution in [1.29, 1.82) is 0 Å². The first-order valence-corrected chi connectivity index (χ1v) is 5.97. The molecule has 0 radical (unpaired) electrons. The van der Waals surface area contributed by atoms with Crippen LogP contribution in [0.1, 0.15) is 54.6 Å². The van der Waals surface area contributed by atoms with Gasteiger partial charge in [0.25, 0.3) is 0 Å². The Morgan fingerprint density at radius 3 is 2.88 bits per heavy atom. The van der Waals surface area contributed by atoms with E-state index in [-0.39, 0.29) is 18.2 Å². The normalized spacial score (nSPS) is 15.2. The first kappa shape index (κ1) is 11.3. The number of carbonyl (C=O) groups excluding carboxylic acids is 1. The summed E-state index contributed by atoms with van der Waals surface area (Å²) in [6.45, 7) is 5.13. The van der Waals surface area contributed by atoms with Gasteiger partial charge in [0.2, 0.25) is 0 Å². The molecule has 0 atom stereocenters. The topological polar surface area (TPSA) is 60.9 Å². The predicted molar refractivity (Wildman–Crippen MR) is 62.6 cm³/mol. The van der Waals surface area contributed by atoms with Gasteiger partial charge in [0.1, 0.15) is 11.5 Å². The number of hydrogen-bond acceptors (Lipinski definition) is 3. The van der Waals surface area contributed by atoms with Gasteiger partial charge in [-0.3, -0.25) is 4.79 Å². The summed E-state index contributed by atoms with van der Waals surface area (Å²) in [4.78, 5) is 16.5. The summed E-state index contributed by atoms with van der Waals surface area (Å²) in [6, 6.07) is 0. The van der Waals surface area contributed by atoms with Crippen molar-refractivity contribution in [2.24, 2.45) is 5.73 Å². The SMILES string of the molecule is CC(C)c1nc2n(c1C(=O)CN)CCCC2. The van der Waals surface area contributed by atoms with Crippen molar-refractivity contribution < 1.29 is 4.79 Å². The Bertz CT molecular complexity index is 407. The van der Waals surface area contributed by atoms with E-state index in [1.165, 1.54) is 6.42 Å². The number of nitrogens with two attached hydrogens (primary N) is 1. The molecule has 1 aromatic heterocycles. The quantitative estimate of drug-likeness (QED) is 0.786. The summed E-state index contributed by atoms with van der Waals surface area (Å²) < 4.78 is 2.08. The maximum absolute atomic E-state index is 11.9. The van der Waals surface area contributed by atoms with Crippen LogP contribution in [0, 0.1) is 0 Å². The number of ketones is 1. The highest BCUT2D eigenvalue weighted by atomic mass is 16.1. The fourth-order valence-corrected chi connectivity index (χ4v) is 2.30. The standard InChI is InChI=1S/C12H19N3O/c1-8(2)11-12(9(16)7-13)15-6-4-3-5-10(15)14-11/h8H,3-7,13H2,1-2H3. The number of imidazole rings is 1. The van der Waals surface area contributed by atoms with Crippen LogP contribution < -0.4 is 5.73 Å². The summed E-state index contributed by atoms with van der Waals surface area (Å²) >= 11 is 0. The molecule has 0 bridgehead atoms. The second kappa shape index (κ2) is 4.37. The maximum Gasteiger partial charge on any atom is 0.194 e. The van der Waals surface area contributed by atoms with Crippen LogP contribution >= 0.6 is 0 Å². The lowest BCUT2D eigenvalue weighted by atomic mass is 10.1. The zero-order valence-corrected chi connectivity index (χ0v) is 9.99. The summed E-state index contributed by atoms with van der Waals surface area (Å²) in [5.41, 5.74) is 7.15. The fraction of sp³-hybridized carbons (Fsp3) is 0.667. The van der Waals surface area contributed by atoms with Crippen molar-refractivity contribution in [3.63, 3.8) is 0 Å². The summed E-state index contributed by atoms with van der Waals surface area (Å²) in [6.07, 6.45) is 3.29. The van der Waals surface area contributed by atoms with Crippen molar-refractivity contribution >= 4 is 5.78 Å². The first-order chi connectivity index (χ1) is 7.65. The molecule has 16 heavy (non-hydrogen) atoms. The Morgan fingerprint density at radius 1 is 1.50 bits per heavy atom. The van der Waals surface area contributed by atoms with E-state index in [0.717, 1.165) is 36.6 Å². The molecule has 1 aromatic rings. The Kier molecular flexibility index (Phi) is 3.10. The number of hydrogen-bond donors (Lipinski definition) is 1. The average Bonchev–Trinajstić information content (AvgIpc) is 2.67. The van der Waals surface area contributed by atoms with Gasteiger partial charge >= 0.3 is 0 Å². The smallest absolute Gasteiger partial charge is 0.194 e. The monoisotopic (exact) mass is 221 g/mol. The zero-order valence-electron chi connectivity index (χ0n) is 9.99. The second-order valence-electron chi connectivity index (χ2n) is 4.65. The number of rotatable bonds is 3. The number of Topliss-reactive ketones (excluding diaryl/α,β-unsaturated/α-hetero) is 1. The molecule has 0 amide bonds. The lowest BCUT2D eigenvalue weighted by Crippen LogP contribution is -2.22. The molecule has 0 saturated carbocycles. The predicted octanol–water partition coefficient (Wildman–Crippen LogP) is 1.48. The Labute approximate surface area is 95.9 Å². The van der Waals surface area contributed by atoms with Crippen molar-refractivity contribution in [2.45, 2.75) is 45.6 Å². The molecule has 4 heteroatoms. The van der Waals surface area contributed by atoms with Crippen molar-refractivity contribution in [3.8, 4) is 0 Å². The van der Waals surface area contributed by atoms with E-state index in [4.69, 9.17) is 5.73 Å². The van der Waals surface area contributed by atoms with Gasteiger partial charge in [-0.2, -0.15) is 0 Å². The molecule has 0 saturated heterocycles. The highest BCUT2D eigenvalue weighted by Crippen LogP contribution is 2.25. The van der Waals surface area contributed by atoms with E-state index in [0.29, 0.717) is 0 Å². The van der Waals surface area contributed by atoms with E-state index in [1.807, 2.05) is 0 Å². The Balaban J connectivity index is 2.52. The third kappa shape index (κ3) is 1.78. The molecule has 88 valence electrons. The number of carbonyl (C=O) groups is 1. The van der Waals surface area contributed by atoms with Crippen molar-refractivity contribution in [1.82, 2.24) is 9.55 Å². The van der Waals surface area contributed by atoms with Gasteiger partial charge in [0.15, 0.2) is 5.78 Å². The lowest BCUT2D eigenvalue weighted by Gasteiger charge is -2.15. The van der Waals surface area contributed by atoms with Crippen LogP contribution in [0.3, 0.4) is 0 Å². The van der Waals surface area contributed by atoms with E-state index in [2.05, 4.69) is 23.4 Å². The fourth-order valence-electron chi connectivity index (χ4n) is 2.30. The average molecular weight is 221 g/mol. The molecule has 0 spiro atoms. The van der Waals surface area contributed by atoms with Crippen LogP contribution in [0.5, 0.6) is 0 Å². The van der Waals surface area contributed by atoms with Gasteiger partial charge < -0.3 is 10.3 Å². The van der Waals surface area contributed by atoms with Gasteiger partial charge in [-0.05, 0) is 18.8 Å². The second-order valence-corrected chi connectivity index (χ2v) is 4.65. The molecule has 2 rings (SSSR count). The van der Waals surface area contributed by atoms with Crippen LogP contribution in [0.25, 0.3) is 0 Å². The number of fused-ring (bicyclic) bond motifs is 1. The highest BCUT2D eigenvalue weighted by Gasteiger charge is 2.24. The summed E-state index contributed by atoms with van der Waals surface area (Å²) in [7, 11) is 0. The highest BCUT2D eigenvalue weighted by molar-refractivity contribution is 5.97. The molecule has 1 aliphatic heterocycles. The Hall–Kier alpha value is -1.16. The van der Waals surface area contributed by atoms with Crippen LogP contribution in [-0.4, -0.2) is 21.9 Å². The largest absolute Gasteiger partial charge is 0.325 e. The van der Waals surface area contributed by atoms with E-state index >= 15 is 0 Å². The van der Waals surface area contributed by atoms with Gasteiger partial charge in [-0.25, -0.2) is 4.98 Å².